The van der Waals surface area contributed by atoms with Crippen molar-refractivity contribution in [2.45, 2.75) is 26.8 Å². The number of carbonyl (C=O) groups excluding carboxylic acids is 1. The molecule has 1 aliphatic rings. The third-order valence-corrected chi connectivity index (χ3v) is 6.49. The molecule has 1 amide bonds. The number of benzene rings is 2. The molecule has 4 aromatic rings. The van der Waals surface area contributed by atoms with Gasteiger partial charge in [-0.2, -0.15) is 0 Å². The van der Waals surface area contributed by atoms with Crippen LogP contribution >= 0.6 is 0 Å². The molecule has 7 heteroatoms. The van der Waals surface area contributed by atoms with Crippen LogP contribution in [0.1, 0.15) is 44.4 Å². The van der Waals surface area contributed by atoms with Crippen molar-refractivity contribution in [3.05, 3.63) is 105 Å². The summed E-state index contributed by atoms with van der Waals surface area (Å²) in [5.41, 5.74) is 3.98. The van der Waals surface area contributed by atoms with Gasteiger partial charge in [0.15, 0.2) is 16.9 Å². The lowest BCUT2D eigenvalue weighted by Gasteiger charge is -2.25. The fraction of sp³-hybridized carbons (Fsp3) is 0.207. The summed E-state index contributed by atoms with van der Waals surface area (Å²) in [6.07, 6.45) is 3.29. The average molecular weight is 483 g/mol. The molecule has 0 aliphatic carbocycles. The van der Waals surface area contributed by atoms with Crippen molar-refractivity contribution in [1.82, 2.24) is 4.98 Å². The highest BCUT2D eigenvalue weighted by molar-refractivity contribution is 6.10. The van der Waals surface area contributed by atoms with Crippen LogP contribution in [0, 0.1) is 20.8 Å². The van der Waals surface area contributed by atoms with Gasteiger partial charge in [0.2, 0.25) is 5.76 Å². The molecule has 7 nitrogen and oxygen atoms in total. The smallest absolute Gasteiger partial charge is 0.296 e. The summed E-state index contributed by atoms with van der Waals surface area (Å²) in [6.45, 7) is 9.80. The molecule has 0 saturated carbocycles. The number of anilines is 1. The zero-order valence-corrected chi connectivity index (χ0v) is 20.6. The predicted octanol–water partition coefficient (Wildman–Crippen LogP) is 5.44. The minimum Gasteiger partial charge on any atom is -0.493 e. The number of aromatic nitrogens is 1. The van der Waals surface area contributed by atoms with Gasteiger partial charge >= 0.3 is 0 Å². The Morgan fingerprint density at radius 3 is 2.56 bits per heavy atom. The average Bonchev–Trinajstić information content (AvgIpc) is 3.16. The summed E-state index contributed by atoms with van der Waals surface area (Å²) in [4.78, 5) is 33.6. The first kappa shape index (κ1) is 23.4. The largest absolute Gasteiger partial charge is 0.493 e. The molecule has 0 N–H and O–H groups in total. The zero-order chi connectivity index (χ0) is 25.6. The first-order valence-electron chi connectivity index (χ1n) is 11.6. The van der Waals surface area contributed by atoms with Gasteiger partial charge in [0.05, 0.1) is 24.1 Å². The molecule has 0 spiro atoms. The molecule has 5 rings (SSSR count). The Balaban J connectivity index is 1.78. The van der Waals surface area contributed by atoms with E-state index < -0.39 is 11.9 Å². The summed E-state index contributed by atoms with van der Waals surface area (Å²) in [7, 11) is 1.54. The summed E-state index contributed by atoms with van der Waals surface area (Å²) in [6, 6.07) is 11.9. The van der Waals surface area contributed by atoms with Crippen LogP contribution in [0.3, 0.4) is 0 Å². The Morgan fingerprint density at radius 2 is 1.83 bits per heavy atom. The lowest BCUT2D eigenvalue weighted by molar-refractivity contribution is 0.0970. The standard InChI is InChI=1S/C29H26N2O5/c1-6-11-35-21-8-7-19(15-23(21)34-5)26-25-27(32)20-13-17(3)18(4)14-22(20)36-28(25)29(33)31(26)24-12-16(2)9-10-30-24/h6-10,12-15,26H,1,11H2,2-5H3. The van der Waals surface area contributed by atoms with E-state index in [9.17, 15) is 9.59 Å². The van der Waals surface area contributed by atoms with Crippen molar-refractivity contribution < 1.29 is 18.7 Å². The summed E-state index contributed by atoms with van der Waals surface area (Å²) < 4.78 is 17.4. The van der Waals surface area contributed by atoms with Gasteiger partial charge in [0.25, 0.3) is 5.91 Å². The summed E-state index contributed by atoms with van der Waals surface area (Å²) >= 11 is 0. The summed E-state index contributed by atoms with van der Waals surface area (Å²) in [5.74, 6) is 1.04. The first-order chi connectivity index (χ1) is 17.3. The number of hydrogen-bond donors (Lipinski definition) is 0. The van der Waals surface area contributed by atoms with E-state index >= 15 is 0 Å². The Bertz CT molecular complexity index is 1590. The van der Waals surface area contributed by atoms with Crippen LogP contribution < -0.4 is 19.8 Å². The predicted molar refractivity (Wildman–Crippen MR) is 138 cm³/mol. The van der Waals surface area contributed by atoms with Crippen LogP contribution in [0.2, 0.25) is 0 Å². The molecule has 36 heavy (non-hydrogen) atoms. The fourth-order valence-corrected chi connectivity index (χ4v) is 4.55. The van der Waals surface area contributed by atoms with Crippen LogP contribution in [0.15, 0.2) is 70.5 Å². The highest BCUT2D eigenvalue weighted by Crippen LogP contribution is 2.43. The molecule has 0 fully saturated rings. The Morgan fingerprint density at radius 1 is 1.06 bits per heavy atom. The van der Waals surface area contributed by atoms with Crippen molar-refractivity contribution >= 4 is 22.7 Å². The monoisotopic (exact) mass is 482 g/mol. The zero-order valence-electron chi connectivity index (χ0n) is 20.6. The molecular weight excluding hydrogens is 456 g/mol. The van der Waals surface area contributed by atoms with Crippen LogP contribution in [0.5, 0.6) is 11.5 Å². The van der Waals surface area contributed by atoms with Gasteiger partial charge in [0.1, 0.15) is 18.0 Å². The lowest BCUT2D eigenvalue weighted by atomic mass is 9.97. The van der Waals surface area contributed by atoms with E-state index in [1.165, 1.54) is 4.90 Å². The normalized spacial score (nSPS) is 14.7. The number of amides is 1. The van der Waals surface area contributed by atoms with E-state index in [-0.39, 0.29) is 16.8 Å². The van der Waals surface area contributed by atoms with E-state index in [4.69, 9.17) is 13.9 Å². The fourth-order valence-electron chi connectivity index (χ4n) is 4.55. The second kappa shape index (κ2) is 9.00. The Hall–Kier alpha value is -4.39. The van der Waals surface area contributed by atoms with Gasteiger partial charge in [-0.05, 0) is 79.4 Å². The molecule has 1 unspecified atom stereocenters. The Labute approximate surface area is 208 Å². The third-order valence-electron chi connectivity index (χ3n) is 6.49. The second-order valence-corrected chi connectivity index (χ2v) is 8.89. The molecule has 1 atom stereocenters. The van der Waals surface area contributed by atoms with Crippen molar-refractivity contribution in [2.24, 2.45) is 0 Å². The lowest BCUT2D eigenvalue weighted by Crippen LogP contribution is -2.30. The maximum atomic E-state index is 13.9. The molecule has 0 bridgehead atoms. The topological polar surface area (TPSA) is 81.9 Å². The number of carbonyl (C=O) groups is 1. The van der Waals surface area contributed by atoms with Gasteiger partial charge in [0, 0.05) is 6.20 Å². The number of aryl methyl sites for hydroxylation is 3. The minimum atomic E-state index is -0.758. The molecular formula is C29H26N2O5. The van der Waals surface area contributed by atoms with Gasteiger partial charge in [-0.3, -0.25) is 14.5 Å². The van der Waals surface area contributed by atoms with Crippen molar-refractivity contribution in [1.29, 1.82) is 0 Å². The number of nitrogens with zero attached hydrogens (tertiary/aromatic N) is 2. The van der Waals surface area contributed by atoms with Crippen LogP contribution in [-0.2, 0) is 0 Å². The minimum absolute atomic E-state index is 0.0232. The van der Waals surface area contributed by atoms with E-state index in [2.05, 4.69) is 11.6 Å². The van der Waals surface area contributed by atoms with Crippen LogP contribution in [0.25, 0.3) is 11.0 Å². The van der Waals surface area contributed by atoms with Gasteiger partial charge in [-0.15, -0.1) is 0 Å². The summed E-state index contributed by atoms with van der Waals surface area (Å²) in [5, 5.41) is 0.437. The van der Waals surface area contributed by atoms with Crippen molar-refractivity contribution in [3.8, 4) is 11.5 Å². The van der Waals surface area contributed by atoms with Crippen LogP contribution in [-0.4, -0.2) is 24.6 Å². The molecule has 3 heterocycles. The highest BCUT2D eigenvalue weighted by Gasteiger charge is 2.44. The van der Waals surface area contributed by atoms with Gasteiger partial charge < -0.3 is 13.9 Å². The molecule has 0 saturated heterocycles. The van der Waals surface area contributed by atoms with Gasteiger partial charge in [-0.1, -0.05) is 18.7 Å². The molecule has 2 aromatic heterocycles. The number of hydrogen-bond acceptors (Lipinski definition) is 6. The number of methoxy groups -OCH3 is 1. The maximum Gasteiger partial charge on any atom is 0.296 e. The molecule has 0 radical (unpaired) electrons. The first-order valence-corrected chi connectivity index (χ1v) is 11.6. The van der Waals surface area contributed by atoms with Crippen molar-refractivity contribution in [2.75, 3.05) is 18.6 Å². The molecule has 2 aromatic carbocycles. The van der Waals surface area contributed by atoms with E-state index in [1.54, 1.807) is 37.6 Å². The number of pyridine rings is 1. The number of rotatable bonds is 6. The third kappa shape index (κ3) is 3.73. The van der Waals surface area contributed by atoms with Crippen molar-refractivity contribution in [3.63, 3.8) is 0 Å². The SMILES string of the molecule is C=CCOc1ccc(C2c3c(oc4cc(C)c(C)cc4c3=O)C(=O)N2c2cc(C)ccn2)cc1OC. The van der Waals surface area contributed by atoms with Crippen LogP contribution in [0.4, 0.5) is 5.82 Å². The second-order valence-electron chi connectivity index (χ2n) is 8.89. The number of ether oxygens (including phenoxy) is 2. The maximum absolute atomic E-state index is 13.9. The van der Waals surface area contributed by atoms with E-state index in [0.717, 1.165) is 16.7 Å². The highest BCUT2D eigenvalue weighted by atomic mass is 16.5. The number of fused-ring (bicyclic) bond motifs is 2. The molecule has 1 aliphatic heterocycles. The quantitative estimate of drug-likeness (QED) is 0.341. The molecule has 182 valence electrons. The Kier molecular flexibility index (Phi) is 5.84. The van der Waals surface area contributed by atoms with Gasteiger partial charge in [-0.25, -0.2) is 4.98 Å². The van der Waals surface area contributed by atoms with E-state index in [0.29, 0.717) is 40.5 Å². The van der Waals surface area contributed by atoms with E-state index in [1.807, 2.05) is 45.0 Å².